The second-order valence-electron chi connectivity index (χ2n) is 18.0. The summed E-state index contributed by atoms with van der Waals surface area (Å²) in [6, 6.07) is 48.8. The Labute approximate surface area is 362 Å². The normalized spacial score (nSPS) is 15.2. The van der Waals surface area contributed by atoms with Gasteiger partial charge in [0, 0.05) is 31.0 Å². The molecule has 0 spiro atoms. The van der Waals surface area contributed by atoms with Gasteiger partial charge >= 0.3 is 0 Å². The standard InChI is InChI=1S/C60H48S/c1-9-12-19-35(4)56-38(10-2)39(11-3)57(45-23-14-13-22-44(45)56)37-27-29-42-41-28-26-36(30-52(41)59(5,6)53(42)31-37)46-32-49-40-20-15-17-24-51(40)60(7,8)58(49)50-34-55-48(33-47(46)50)43-21-16-18-25-54(43)61-55/h9-34H,1,4H2,2-3,5-8H3/b19-12-,38-10+,39-11+. The lowest BCUT2D eigenvalue weighted by atomic mass is 9.78. The zero-order chi connectivity index (χ0) is 41.9. The third kappa shape index (κ3) is 5.23. The molecule has 1 heterocycles. The molecule has 0 saturated heterocycles. The lowest BCUT2D eigenvalue weighted by Crippen LogP contribution is -2.30. The average Bonchev–Trinajstić information content (AvgIpc) is 3.84. The van der Waals surface area contributed by atoms with Crippen molar-refractivity contribution in [2.45, 2.75) is 52.4 Å². The third-order valence-corrected chi connectivity index (χ3v) is 15.2. The van der Waals surface area contributed by atoms with Crippen molar-refractivity contribution in [1.82, 2.24) is 0 Å². The Kier molecular flexibility index (Phi) is 8.28. The Morgan fingerprint density at radius 1 is 0.508 bits per heavy atom. The van der Waals surface area contributed by atoms with E-state index in [0.717, 1.165) is 5.57 Å². The van der Waals surface area contributed by atoms with Crippen molar-refractivity contribution in [1.29, 1.82) is 0 Å². The Morgan fingerprint density at radius 3 is 1.89 bits per heavy atom. The van der Waals surface area contributed by atoms with Crippen LogP contribution in [0.25, 0.3) is 104 Å². The van der Waals surface area contributed by atoms with Gasteiger partial charge < -0.3 is 0 Å². The van der Waals surface area contributed by atoms with Gasteiger partial charge in [-0.15, -0.1) is 11.3 Å². The molecule has 0 nitrogen and oxygen atoms in total. The van der Waals surface area contributed by atoms with Crippen LogP contribution in [0.3, 0.4) is 0 Å². The van der Waals surface area contributed by atoms with Crippen LogP contribution in [0.5, 0.6) is 0 Å². The molecule has 0 amide bonds. The molecule has 0 bridgehead atoms. The second-order valence-corrected chi connectivity index (χ2v) is 19.1. The van der Waals surface area contributed by atoms with Crippen LogP contribution in [0.15, 0.2) is 159 Å². The van der Waals surface area contributed by atoms with Crippen LogP contribution in [-0.2, 0) is 10.8 Å². The highest BCUT2D eigenvalue weighted by Crippen LogP contribution is 2.56. The van der Waals surface area contributed by atoms with E-state index in [1.54, 1.807) is 0 Å². The summed E-state index contributed by atoms with van der Waals surface area (Å²) in [6.45, 7) is 22.4. The molecular formula is C60H48S. The van der Waals surface area contributed by atoms with E-state index in [-0.39, 0.29) is 10.8 Å². The van der Waals surface area contributed by atoms with Crippen LogP contribution in [-0.4, -0.2) is 0 Å². The Morgan fingerprint density at radius 2 is 1.15 bits per heavy atom. The topological polar surface area (TPSA) is 0 Å². The minimum absolute atomic E-state index is 0.111. The predicted octanol–water partition coefficient (Wildman–Crippen LogP) is 15.7. The van der Waals surface area contributed by atoms with Gasteiger partial charge in [-0.05, 0) is 160 Å². The number of hydrogen-bond acceptors (Lipinski definition) is 1. The summed E-state index contributed by atoms with van der Waals surface area (Å²) >= 11 is 1.91. The van der Waals surface area contributed by atoms with Crippen molar-refractivity contribution in [3.63, 3.8) is 0 Å². The summed E-state index contributed by atoms with van der Waals surface area (Å²) in [6.07, 6.45) is 10.4. The van der Waals surface area contributed by atoms with Crippen LogP contribution >= 0.6 is 11.3 Å². The summed E-state index contributed by atoms with van der Waals surface area (Å²) in [5.74, 6) is 0. The van der Waals surface area contributed by atoms with Crippen LogP contribution < -0.4 is 10.4 Å². The van der Waals surface area contributed by atoms with Gasteiger partial charge in [0.15, 0.2) is 0 Å². The molecule has 0 aliphatic heterocycles. The van der Waals surface area contributed by atoms with E-state index in [1.807, 2.05) is 23.5 Å². The maximum absolute atomic E-state index is 4.52. The van der Waals surface area contributed by atoms with Crippen molar-refractivity contribution in [3.05, 3.63) is 197 Å². The van der Waals surface area contributed by atoms with Crippen molar-refractivity contribution >= 4 is 70.8 Å². The van der Waals surface area contributed by atoms with Gasteiger partial charge in [0.25, 0.3) is 0 Å². The fourth-order valence-electron chi connectivity index (χ4n) is 11.2. The highest BCUT2D eigenvalue weighted by molar-refractivity contribution is 7.25. The average molecular weight is 801 g/mol. The Hall–Kier alpha value is -6.54. The SMILES string of the molecule is C=C/C=C\C(=C)c1c(=C/C)/c(=C\C)c(-c2ccc3c(c2)C(C)(C)c2cc(-c4cc5c(c6cc7sc8ccccc8c7cc46)C(C)(C)c4ccccc4-5)ccc2-3)c2ccccc12. The summed E-state index contributed by atoms with van der Waals surface area (Å²) in [4.78, 5) is 0. The third-order valence-electron chi connectivity index (χ3n) is 14.1. The maximum Gasteiger partial charge on any atom is 0.0361 e. The minimum Gasteiger partial charge on any atom is -0.135 e. The molecule has 2 aliphatic carbocycles. The van der Waals surface area contributed by atoms with Gasteiger partial charge in [0.1, 0.15) is 0 Å². The monoisotopic (exact) mass is 800 g/mol. The van der Waals surface area contributed by atoms with E-state index >= 15 is 0 Å². The quantitative estimate of drug-likeness (QED) is 0.152. The number of thiophene rings is 1. The van der Waals surface area contributed by atoms with E-state index in [0.29, 0.717) is 0 Å². The van der Waals surface area contributed by atoms with Gasteiger partial charge in [-0.1, -0.05) is 162 Å². The minimum atomic E-state index is -0.218. The predicted molar refractivity (Wildman–Crippen MR) is 268 cm³/mol. The van der Waals surface area contributed by atoms with E-state index < -0.39 is 0 Å². The molecule has 1 heteroatoms. The van der Waals surface area contributed by atoms with Gasteiger partial charge in [-0.2, -0.15) is 0 Å². The molecule has 0 saturated carbocycles. The molecule has 11 rings (SSSR count). The van der Waals surface area contributed by atoms with Crippen molar-refractivity contribution in [3.8, 4) is 44.5 Å². The molecule has 2 aliphatic rings. The van der Waals surface area contributed by atoms with Crippen molar-refractivity contribution in [2.75, 3.05) is 0 Å². The first-order valence-electron chi connectivity index (χ1n) is 21.5. The summed E-state index contributed by atoms with van der Waals surface area (Å²) in [7, 11) is 0. The van der Waals surface area contributed by atoms with E-state index in [1.165, 1.54) is 124 Å². The van der Waals surface area contributed by atoms with Gasteiger partial charge in [0.2, 0.25) is 0 Å². The number of benzene rings is 8. The first-order valence-corrected chi connectivity index (χ1v) is 22.4. The summed E-state index contributed by atoms with van der Waals surface area (Å²) in [5.41, 5.74) is 17.9. The molecule has 0 unspecified atom stereocenters. The fraction of sp³-hybridized carbons (Fsp3) is 0.133. The summed E-state index contributed by atoms with van der Waals surface area (Å²) < 4.78 is 2.69. The van der Waals surface area contributed by atoms with Crippen LogP contribution in [0.4, 0.5) is 0 Å². The zero-order valence-corrected chi connectivity index (χ0v) is 36.7. The van der Waals surface area contributed by atoms with Crippen LogP contribution in [0.2, 0.25) is 0 Å². The molecule has 0 radical (unpaired) electrons. The molecule has 0 fully saturated rings. The van der Waals surface area contributed by atoms with Gasteiger partial charge in [-0.3, -0.25) is 0 Å². The van der Waals surface area contributed by atoms with E-state index in [9.17, 15) is 0 Å². The lowest BCUT2D eigenvalue weighted by Gasteiger charge is -2.25. The molecule has 1 aromatic heterocycles. The first-order chi connectivity index (χ1) is 29.6. The molecular weight excluding hydrogens is 753 g/mol. The molecule has 61 heavy (non-hydrogen) atoms. The smallest absolute Gasteiger partial charge is 0.0361 e. The van der Waals surface area contributed by atoms with E-state index in [4.69, 9.17) is 0 Å². The van der Waals surface area contributed by atoms with Crippen LogP contribution in [0.1, 0.15) is 69.4 Å². The van der Waals surface area contributed by atoms with Crippen LogP contribution in [0, 0.1) is 0 Å². The highest BCUT2D eigenvalue weighted by atomic mass is 32.1. The fourth-order valence-corrected chi connectivity index (χ4v) is 12.4. The maximum atomic E-state index is 4.52. The van der Waals surface area contributed by atoms with Crippen molar-refractivity contribution < 1.29 is 0 Å². The lowest BCUT2D eigenvalue weighted by molar-refractivity contribution is 0.661. The molecule has 9 aromatic rings. The van der Waals surface area contributed by atoms with Gasteiger partial charge in [0.05, 0.1) is 0 Å². The van der Waals surface area contributed by atoms with E-state index in [2.05, 4.69) is 200 Å². The summed E-state index contributed by atoms with van der Waals surface area (Å²) in [5, 5.41) is 10.3. The molecule has 294 valence electrons. The highest BCUT2D eigenvalue weighted by Gasteiger charge is 2.39. The number of rotatable bonds is 5. The molecule has 0 atom stereocenters. The Bertz CT molecular complexity index is 3580. The van der Waals surface area contributed by atoms with Crippen molar-refractivity contribution in [2.24, 2.45) is 0 Å². The van der Waals surface area contributed by atoms with Gasteiger partial charge in [-0.25, -0.2) is 0 Å². The number of fused-ring (bicyclic) bond motifs is 12. The zero-order valence-electron chi connectivity index (χ0n) is 35.8. The molecule has 8 aromatic carbocycles. The second kappa shape index (κ2) is 13.5. The Balaban J connectivity index is 1.11. The number of allylic oxidation sites excluding steroid dienone is 4. The molecule has 0 N–H and O–H groups in total. The first kappa shape index (κ1) is 37.5. The largest absolute Gasteiger partial charge is 0.135 e. The number of hydrogen-bond donors (Lipinski definition) is 0.